The van der Waals surface area contributed by atoms with Crippen molar-refractivity contribution < 1.29 is 14.7 Å². The zero-order chi connectivity index (χ0) is 18.4. The normalized spacial score (nSPS) is 14.6. The van der Waals surface area contributed by atoms with Crippen LogP contribution in [0.15, 0.2) is 29.3 Å². The number of hydrogen-bond donors (Lipinski definition) is 4. The Morgan fingerprint density at radius 1 is 1.32 bits per heavy atom. The van der Waals surface area contributed by atoms with Crippen molar-refractivity contribution in [3.63, 3.8) is 0 Å². The van der Waals surface area contributed by atoms with Crippen molar-refractivity contribution in [3.05, 3.63) is 35.4 Å². The summed E-state index contributed by atoms with van der Waals surface area (Å²) >= 11 is 0. The molecule has 25 heavy (non-hydrogen) atoms. The number of hydrogen-bond acceptors (Lipinski definition) is 4. The second-order valence-electron chi connectivity index (χ2n) is 6.19. The van der Waals surface area contributed by atoms with Crippen LogP contribution in [-0.4, -0.2) is 46.6 Å². The number of fused-ring (bicyclic) bond motifs is 1. The first-order valence-electron chi connectivity index (χ1n) is 8.29. The number of nitrogens with zero attached hydrogens (tertiary/aromatic N) is 2. The number of carbonyl (C=O) groups is 2. The van der Waals surface area contributed by atoms with Gasteiger partial charge >= 0.3 is 5.97 Å². The van der Waals surface area contributed by atoms with Gasteiger partial charge in [0, 0.05) is 19.5 Å². The Kier molecular flexibility index (Phi) is 6.35. The number of hydrazine groups is 1. The SMILES string of the molecule is CC(=O)N(NC1Cc2ccccc2C1)[C@@H](CCCN=C(N)N)C(=O)O. The molecule has 0 saturated carbocycles. The number of nitrogens with two attached hydrogens (primary N) is 2. The largest absolute Gasteiger partial charge is 0.480 e. The molecule has 8 heteroatoms. The summed E-state index contributed by atoms with van der Waals surface area (Å²) in [6.07, 6.45) is 2.25. The van der Waals surface area contributed by atoms with Crippen LogP contribution < -0.4 is 16.9 Å². The van der Waals surface area contributed by atoms with E-state index in [0.717, 1.165) is 12.8 Å². The molecule has 0 spiro atoms. The van der Waals surface area contributed by atoms with E-state index in [2.05, 4.69) is 22.6 Å². The molecule has 0 heterocycles. The third kappa shape index (κ3) is 5.18. The lowest BCUT2D eigenvalue weighted by Gasteiger charge is -2.31. The predicted molar refractivity (Wildman–Crippen MR) is 94.6 cm³/mol. The molecule has 1 aliphatic carbocycles. The fourth-order valence-electron chi connectivity index (χ4n) is 3.10. The Bertz CT molecular complexity index is 632. The molecule has 1 amide bonds. The molecule has 0 fully saturated rings. The average molecular weight is 347 g/mol. The van der Waals surface area contributed by atoms with E-state index in [1.807, 2.05) is 12.1 Å². The summed E-state index contributed by atoms with van der Waals surface area (Å²) in [5.41, 5.74) is 16.1. The summed E-state index contributed by atoms with van der Waals surface area (Å²) in [5.74, 6) is -1.41. The van der Waals surface area contributed by atoms with Gasteiger partial charge < -0.3 is 16.6 Å². The van der Waals surface area contributed by atoms with E-state index in [9.17, 15) is 14.7 Å². The van der Waals surface area contributed by atoms with Crippen LogP contribution in [0.2, 0.25) is 0 Å². The van der Waals surface area contributed by atoms with Crippen LogP contribution in [0.3, 0.4) is 0 Å². The number of carbonyl (C=O) groups excluding carboxylic acids is 1. The highest BCUT2D eigenvalue weighted by Gasteiger charge is 2.31. The average Bonchev–Trinajstić information content (AvgIpc) is 2.95. The van der Waals surface area contributed by atoms with E-state index in [4.69, 9.17) is 11.5 Å². The molecule has 0 unspecified atom stereocenters. The van der Waals surface area contributed by atoms with Gasteiger partial charge in [-0.15, -0.1) is 0 Å². The number of rotatable bonds is 8. The minimum absolute atomic E-state index is 0.000794. The highest BCUT2D eigenvalue weighted by Crippen LogP contribution is 2.22. The molecule has 6 N–H and O–H groups in total. The van der Waals surface area contributed by atoms with E-state index < -0.39 is 12.0 Å². The van der Waals surface area contributed by atoms with Gasteiger partial charge in [-0.1, -0.05) is 24.3 Å². The van der Waals surface area contributed by atoms with Crippen LogP contribution in [0.5, 0.6) is 0 Å². The molecule has 0 aliphatic heterocycles. The van der Waals surface area contributed by atoms with Gasteiger partial charge in [0.15, 0.2) is 5.96 Å². The highest BCUT2D eigenvalue weighted by atomic mass is 16.4. The number of amides is 1. The molecule has 0 saturated heterocycles. The van der Waals surface area contributed by atoms with Crippen LogP contribution in [0.25, 0.3) is 0 Å². The Morgan fingerprint density at radius 3 is 2.40 bits per heavy atom. The zero-order valence-corrected chi connectivity index (χ0v) is 14.3. The minimum Gasteiger partial charge on any atom is -0.480 e. The molecule has 0 radical (unpaired) electrons. The lowest BCUT2D eigenvalue weighted by molar-refractivity contribution is -0.153. The first-order valence-corrected chi connectivity index (χ1v) is 8.29. The van der Waals surface area contributed by atoms with Crippen LogP contribution in [0.1, 0.15) is 30.9 Å². The molecule has 1 aromatic carbocycles. The second kappa shape index (κ2) is 8.48. The lowest BCUT2D eigenvalue weighted by atomic mass is 10.1. The Morgan fingerprint density at radius 2 is 1.92 bits per heavy atom. The Labute approximate surface area is 146 Å². The maximum absolute atomic E-state index is 12.0. The third-order valence-electron chi connectivity index (χ3n) is 4.24. The number of carboxylic acid groups (broad SMARTS) is 1. The summed E-state index contributed by atoms with van der Waals surface area (Å²) < 4.78 is 0. The Balaban J connectivity index is 2.01. The molecule has 8 nitrogen and oxygen atoms in total. The third-order valence-corrected chi connectivity index (χ3v) is 4.24. The predicted octanol–water partition coefficient (Wildman–Crippen LogP) is 0.0137. The molecular weight excluding hydrogens is 322 g/mol. The van der Waals surface area contributed by atoms with Crippen molar-refractivity contribution in [3.8, 4) is 0 Å². The second-order valence-corrected chi connectivity index (χ2v) is 6.19. The fourth-order valence-corrected chi connectivity index (χ4v) is 3.10. The van der Waals surface area contributed by atoms with E-state index in [1.54, 1.807) is 0 Å². The van der Waals surface area contributed by atoms with Crippen molar-refractivity contribution in [2.45, 2.75) is 44.7 Å². The van der Waals surface area contributed by atoms with Crippen LogP contribution in [-0.2, 0) is 22.4 Å². The number of benzene rings is 1. The van der Waals surface area contributed by atoms with Gasteiger partial charge in [-0.3, -0.25) is 14.8 Å². The van der Waals surface area contributed by atoms with Gasteiger partial charge in [0.25, 0.3) is 0 Å². The van der Waals surface area contributed by atoms with Crippen molar-refractivity contribution >= 4 is 17.8 Å². The molecule has 1 atom stereocenters. The monoisotopic (exact) mass is 347 g/mol. The van der Waals surface area contributed by atoms with E-state index in [0.29, 0.717) is 13.0 Å². The summed E-state index contributed by atoms with van der Waals surface area (Å²) in [6.45, 7) is 1.69. The zero-order valence-electron chi connectivity index (χ0n) is 14.3. The van der Waals surface area contributed by atoms with Gasteiger partial charge in [-0.25, -0.2) is 10.2 Å². The number of aliphatic carboxylic acids is 1. The van der Waals surface area contributed by atoms with Gasteiger partial charge in [-0.2, -0.15) is 0 Å². The molecule has 1 aliphatic rings. The van der Waals surface area contributed by atoms with Crippen molar-refractivity contribution in [2.24, 2.45) is 16.5 Å². The van der Waals surface area contributed by atoms with E-state index in [-0.39, 0.29) is 24.3 Å². The first kappa shape index (κ1) is 18.7. The number of guanidine groups is 1. The molecule has 0 bridgehead atoms. The molecule has 1 aromatic rings. The maximum atomic E-state index is 12.0. The minimum atomic E-state index is -1.05. The van der Waals surface area contributed by atoms with Gasteiger partial charge in [0.05, 0.1) is 0 Å². The van der Waals surface area contributed by atoms with Gasteiger partial charge in [-0.05, 0) is 36.8 Å². The van der Waals surface area contributed by atoms with Crippen LogP contribution in [0.4, 0.5) is 0 Å². The summed E-state index contributed by atoms with van der Waals surface area (Å²) in [4.78, 5) is 27.5. The van der Waals surface area contributed by atoms with Crippen molar-refractivity contribution in [1.29, 1.82) is 0 Å². The number of aliphatic imine (C=N–C) groups is 1. The topological polar surface area (TPSA) is 134 Å². The van der Waals surface area contributed by atoms with Crippen molar-refractivity contribution in [1.82, 2.24) is 10.4 Å². The molecular formula is C17H25N5O3. The number of nitrogens with one attached hydrogen (secondary N) is 1. The Hall–Kier alpha value is -2.61. The standard InChI is InChI=1S/C17H25N5O3/c1-11(23)22(15(16(24)25)7-4-8-20-17(18)19)21-14-9-12-5-2-3-6-13(12)10-14/h2-3,5-6,14-15,21H,4,7-10H2,1H3,(H,24,25)(H4,18,19,20)/t15-/m0/s1. The molecule has 2 rings (SSSR count). The smallest absolute Gasteiger partial charge is 0.328 e. The van der Waals surface area contributed by atoms with Gasteiger partial charge in [0.2, 0.25) is 5.91 Å². The highest BCUT2D eigenvalue weighted by molar-refractivity contribution is 5.81. The summed E-state index contributed by atoms with van der Waals surface area (Å²) in [7, 11) is 0. The first-order chi connectivity index (χ1) is 11.9. The lowest BCUT2D eigenvalue weighted by Crippen LogP contribution is -2.55. The maximum Gasteiger partial charge on any atom is 0.328 e. The van der Waals surface area contributed by atoms with E-state index in [1.165, 1.54) is 23.1 Å². The quantitative estimate of drug-likeness (QED) is 0.227. The molecule has 136 valence electrons. The van der Waals surface area contributed by atoms with Gasteiger partial charge in [0.1, 0.15) is 6.04 Å². The number of carboxylic acids is 1. The van der Waals surface area contributed by atoms with Crippen molar-refractivity contribution in [2.75, 3.05) is 6.54 Å². The van der Waals surface area contributed by atoms with E-state index >= 15 is 0 Å². The summed E-state index contributed by atoms with van der Waals surface area (Å²) in [5, 5.41) is 10.8. The molecule has 0 aromatic heterocycles. The summed E-state index contributed by atoms with van der Waals surface area (Å²) in [6, 6.07) is 7.11. The fraction of sp³-hybridized carbons (Fsp3) is 0.471. The van der Waals surface area contributed by atoms with Crippen LogP contribution in [0, 0.1) is 0 Å². The van der Waals surface area contributed by atoms with Crippen LogP contribution >= 0.6 is 0 Å².